The lowest BCUT2D eigenvalue weighted by Gasteiger charge is -2.03. The van der Waals surface area contributed by atoms with Gasteiger partial charge in [-0.1, -0.05) is 0 Å². The van der Waals surface area contributed by atoms with Gasteiger partial charge in [0, 0.05) is 17.2 Å². The van der Waals surface area contributed by atoms with Gasteiger partial charge in [-0.3, -0.25) is 0 Å². The largest absolute Gasteiger partial charge is 0.468 e. The Labute approximate surface area is 104 Å². The van der Waals surface area contributed by atoms with Gasteiger partial charge in [0.05, 0.1) is 12.8 Å². The summed E-state index contributed by atoms with van der Waals surface area (Å²) in [5.41, 5.74) is 0. The van der Waals surface area contributed by atoms with Crippen LogP contribution in [0.5, 0.6) is 0 Å². The molecule has 0 saturated heterocycles. The van der Waals surface area contributed by atoms with E-state index in [0.717, 1.165) is 29.5 Å². The first-order valence-electron chi connectivity index (χ1n) is 5.46. The van der Waals surface area contributed by atoms with E-state index in [1.807, 2.05) is 12.1 Å². The van der Waals surface area contributed by atoms with Crippen LogP contribution in [-0.2, 0) is 6.54 Å². The summed E-state index contributed by atoms with van der Waals surface area (Å²) in [6.45, 7) is 1.64. The molecule has 0 bridgehead atoms. The van der Waals surface area contributed by atoms with Crippen molar-refractivity contribution in [3.05, 3.63) is 54.2 Å². The van der Waals surface area contributed by atoms with E-state index in [1.54, 1.807) is 30.2 Å². The molecular formula is C13H14FNOS. The molecule has 2 rings (SSSR count). The van der Waals surface area contributed by atoms with Crippen molar-refractivity contribution >= 4 is 11.8 Å². The third kappa shape index (κ3) is 4.24. The molecule has 0 spiro atoms. The third-order valence-corrected chi connectivity index (χ3v) is 3.25. The second-order valence-electron chi connectivity index (χ2n) is 3.56. The van der Waals surface area contributed by atoms with E-state index in [9.17, 15) is 4.39 Å². The van der Waals surface area contributed by atoms with E-state index < -0.39 is 0 Å². The normalized spacial score (nSPS) is 10.6. The first-order chi connectivity index (χ1) is 8.34. The lowest BCUT2D eigenvalue weighted by Crippen LogP contribution is -2.15. The van der Waals surface area contributed by atoms with Crippen LogP contribution < -0.4 is 5.32 Å². The van der Waals surface area contributed by atoms with Crippen molar-refractivity contribution in [2.75, 3.05) is 12.3 Å². The number of furan rings is 1. The molecule has 0 saturated carbocycles. The Morgan fingerprint density at radius 1 is 1.18 bits per heavy atom. The topological polar surface area (TPSA) is 25.2 Å². The minimum Gasteiger partial charge on any atom is -0.468 e. The Hall–Kier alpha value is -1.26. The van der Waals surface area contributed by atoms with Crippen molar-refractivity contribution in [3.8, 4) is 0 Å². The van der Waals surface area contributed by atoms with Gasteiger partial charge in [0.15, 0.2) is 0 Å². The second-order valence-corrected chi connectivity index (χ2v) is 4.73. The summed E-state index contributed by atoms with van der Waals surface area (Å²) in [6, 6.07) is 10.4. The van der Waals surface area contributed by atoms with E-state index in [-0.39, 0.29) is 5.82 Å². The minimum atomic E-state index is -0.190. The third-order valence-electron chi connectivity index (χ3n) is 2.24. The van der Waals surface area contributed by atoms with Crippen molar-refractivity contribution in [2.45, 2.75) is 11.4 Å². The molecule has 1 heterocycles. The maximum absolute atomic E-state index is 12.7. The smallest absolute Gasteiger partial charge is 0.123 e. The molecule has 2 aromatic rings. The maximum atomic E-state index is 12.7. The molecule has 0 unspecified atom stereocenters. The van der Waals surface area contributed by atoms with Crippen molar-refractivity contribution in [1.82, 2.24) is 5.32 Å². The minimum absolute atomic E-state index is 0.190. The van der Waals surface area contributed by atoms with E-state index in [2.05, 4.69) is 5.32 Å². The SMILES string of the molecule is Fc1ccc(SCCNCc2ccco2)cc1. The van der Waals surface area contributed by atoms with Gasteiger partial charge in [0.2, 0.25) is 0 Å². The van der Waals surface area contributed by atoms with Crippen LogP contribution in [0.4, 0.5) is 4.39 Å². The molecule has 0 fully saturated rings. The van der Waals surface area contributed by atoms with Crippen LogP contribution in [0.2, 0.25) is 0 Å². The molecule has 1 aromatic carbocycles. The lowest BCUT2D eigenvalue weighted by atomic mass is 10.4. The first kappa shape index (κ1) is 12.2. The molecule has 1 aromatic heterocycles. The van der Waals surface area contributed by atoms with Crippen molar-refractivity contribution in [2.24, 2.45) is 0 Å². The van der Waals surface area contributed by atoms with Crippen molar-refractivity contribution in [1.29, 1.82) is 0 Å². The van der Waals surface area contributed by atoms with E-state index in [4.69, 9.17) is 4.42 Å². The number of hydrogen-bond donors (Lipinski definition) is 1. The highest BCUT2D eigenvalue weighted by Gasteiger charge is 1.96. The van der Waals surface area contributed by atoms with Gasteiger partial charge < -0.3 is 9.73 Å². The summed E-state index contributed by atoms with van der Waals surface area (Å²) in [5.74, 6) is 1.70. The fourth-order valence-electron chi connectivity index (χ4n) is 1.40. The second kappa shape index (κ2) is 6.47. The molecular weight excluding hydrogens is 237 g/mol. The monoisotopic (exact) mass is 251 g/mol. The molecule has 90 valence electrons. The Morgan fingerprint density at radius 3 is 2.71 bits per heavy atom. The van der Waals surface area contributed by atoms with Gasteiger partial charge in [0.25, 0.3) is 0 Å². The summed E-state index contributed by atoms with van der Waals surface area (Å²) >= 11 is 1.71. The Morgan fingerprint density at radius 2 is 2.00 bits per heavy atom. The first-order valence-corrected chi connectivity index (χ1v) is 6.44. The number of hydrogen-bond acceptors (Lipinski definition) is 3. The van der Waals surface area contributed by atoms with Gasteiger partial charge in [-0.25, -0.2) is 4.39 Å². The molecule has 0 amide bonds. The zero-order valence-electron chi connectivity index (χ0n) is 9.36. The molecule has 4 heteroatoms. The average molecular weight is 251 g/mol. The zero-order chi connectivity index (χ0) is 11.9. The molecule has 0 aliphatic heterocycles. The highest BCUT2D eigenvalue weighted by molar-refractivity contribution is 7.99. The number of rotatable bonds is 6. The van der Waals surface area contributed by atoms with Gasteiger partial charge in [0.1, 0.15) is 11.6 Å². The summed E-state index contributed by atoms with van der Waals surface area (Å²) in [6.07, 6.45) is 1.67. The molecule has 0 aliphatic carbocycles. The van der Waals surface area contributed by atoms with E-state index in [0.29, 0.717) is 0 Å². The van der Waals surface area contributed by atoms with Crippen molar-refractivity contribution in [3.63, 3.8) is 0 Å². The highest BCUT2D eigenvalue weighted by atomic mass is 32.2. The van der Waals surface area contributed by atoms with E-state index >= 15 is 0 Å². The van der Waals surface area contributed by atoms with Gasteiger partial charge in [-0.2, -0.15) is 0 Å². The fourth-order valence-corrected chi connectivity index (χ4v) is 2.21. The van der Waals surface area contributed by atoms with Crippen LogP contribution in [0.15, 0.2) is 52.0 Å². The predicted octanol–water partition coefficient (Wildman–Crippen LogP) is 3.30. The fraction of sp³-hybridized carbons (Fsp3) is 0.231. The van der Waals surface area contributed by atoms with Gasteiger partial charge in [-0.05, 0) is 36.4 Å². The highest BCUT2D eigenvalue weighted by Crippen LogP contribution is 2.17. The number of thioether (sulfide) groups is 1. The molecule has 0 atom stereocenters. The molecule has 1 N–H and O–H groups in total. The summed E-state index contributed by atoms with van der Waals surface area (Å²) < 4.78 is 17.9. The van der Waals surface area contributed by atoms with Crippen LogP contribution in [-0.4, -0.2) is 12.3 Å². The van der Waals surface area contributed by atoms with Crippen LogP contribution in [0, 0.1) is 5.82 Å². The number of benzene rings is 1. The summed E-state index contributed by atoms with van der Waals surface area (Å²) in [4.78, 5) is 1.09. The molecule has 0 aliphatic rings. The zero-order valence-corrected chi connectivity index (χ0v) is 10.2. The Balaban J connectivity index is 1.61. The van der Waals surface area contributed by atoms with Crippen molar-refractivity contribution < 1.29 is 8.81 Å². The Kier molecular flexibility index (Phi) is 4.64. The van der Waals surface area contributed by atoms with Gasteiger partial charge in [-0.15, -0.1) is 11.8 Å². The lowest BCUT2D eigenvalue weighted by molar-refractivity contribution is 0.488. The van der Waals surface area contributed by atoms with Crippen LogP contribution in [0.1, 0.15) is 5.76 Å². The molecule has 2 nitrogen and oxygen atoms in total. The average Bonchev–Trinajstić information content (AvgIpc) is 2.84. The predicted molar refractivity (Wildman–Crippen MR) is 67.5 cm³/mol. The van der Waals surface area contributed by atoms with Crippen LogP contribution in [0.25, 0.3) is 0 Å². The summed E-state index contributed by atoms with van der Waals surface area (Å²) in [7, 11) is 0. The maximum Gasteiger partial charge on any atom is 0.123 e. The molecule has 17 heavy (non-hydrogen) atoms. The van der Waals surface area contributed by atoms with E-state index in [1.165, 1.54) is 12.1 Å². The van der Waals surface area contributed by atoms with Gasteiger partial charge >= 0.3 is 0 Å². The standard InChI is InChI=1S/C13H14FNOS/c14-11-3-5-13(6-4-11)17-9-7-15-10-12-2-1-8-16-12/h1-6,8,15H,7,9-10H2. The number of halogens is 1. The van der Waals surface area contributed by atoms with Crippen LogP contribution in [0.3, 0.4) is 0 Å². The van der Waals surface area contributed by atoms with Crippen LogP contribution >= 0.6 is 11.8 Å². The molecule has 0 radical (unpaired) electrons. The quantitative estimate of drug-likeness (QED) is 0.630. The number of nitrogens with one attached hydrogen (secondary N) is 1. The summed E-state index contributed by atoms with van der Waals surface area (Å²) in [5, 5.41) is 3.28. The Bertz CT molecular complexity index is 427.